The van der Waals surface area contributed by atoms with Crippen LogP contribution in [0.5, 0.6) is 0 Å². The van der Waals surface area contributed by atoms with Crippen molar-refractivity contribution < 1.29 is 28.6 Å². The molecule has 6 heteroatoms. The minimum absolute atomic E-state index is 0.106. The molecule has 0 aliphatic carbocycles. The molecule has 0 spiro atoms. The first-order valence-corrected chi connectivity index (χ1v) is 32.9. The van der Waals surface area contributed by atoms with Gasteiger partial charge in [-0.3, -0.25) is 14.4 Å². The fourth-order valence-corrected chi connectivity index (χ4v) is 8.25. The number of hydrogen-bond acceptors (Lipinski definition) is 6. The number of unbranched alkanes of at least 4 members (excludes halogenated alkanes) is 15. The largest absolute Gasteiger partial charge is 0.462 e. The average Bonchev–Trinajstić information content (AvgIpc) is 3.49. The Balaban J connectivity index is 4.57. The van der Waals surface area contributed by atoms with Crippen LogP contribution in [-0.2, 0) is 28.6 Å². The van der Waals surface area contributed by atoms with Crippen molar-refractivity contribution in [1.29, 1.82) is 0 Å². The summed E-state index contributed by atoms with van der Waals surface area (Å²) >= 11 is 0. The fourth-order valence-electron chi connectivity index (χ4n) is 8.25. The van der Waals surface area contributed by atoms with Crippen molar-refractivity contribution in [3.05, 3.63) is 194 Å². The molecule has 0 heterocycles. The number of allylic oxidation sites excluding steroid dienone is 31. The summed E-state index contributed by atoms with van der Waals surface area (Å²) in [7, 11) is 0. The Morgan fingerprint density at radius 2 is 0.530 bits per heavy atom. The molecule has 0 bridgehead atoms. The predicted octanol–water partition coefficient (Wildman–Crippen LogP) is 23.0. The Morgan fingerprint density at radius 1 is 0.265 bits per heavy atom. The molecule has 0 fully saturated rings. The Bertz CT molecular complexity index is 1990. The molecule has 0 amide bonds. The lowest BCUT2D eigenvalue weighted by atomic mass is 10.1. The van der Waals surface area contributed by atoms with Crippen LogP contribution in [0.25, 0.3) is 0 Å². The molecule has 0 saturated carbocycles. The number of hydrogen-bond donors (Lipinski definition) is 0. The first-order valence-electron chi connectivity index (χ1n) is 32.9. The van der Waals surface area contributed by atoms with E-state index in [-0.39, 0.29) is 44.4 Å². The highest BCUT2D eigenvalue weighted by atomic mass is 16.6. The standard InChI is InChI=1S/C77H118O6/c1-4-7-10-13-16-19-22-25-28-30-32-34-35-36-37-38-39-40-41-43-44-46-49-52-55-58-61-64-67-70-76(79)82-73-74(72-81-75(78)69-66-63-60-57-54-51-48-27-24-21-18-15-12-9-6-3)83-77(80)71-68-65-62-59-56-53-50-47-45-42-33-31-29-26-23-20-17-14-11-8-5-2/h7,9-10,12,16,18-19,21,23,25-28,31-34,36-37,39-40,43-44,48-49,52,54,57-58,61,63,66,74H,4-6,8,11,13-15,17,20,22,24,29-30,35,38,41-42,45-47,50-51,53,55-56,59-60,62,64-65,67-73H2,1-3H3/b10-7-,12-9-,19-16-,21-18-,26-23-,28-25-,33-31-,34-32-,37-36-,40-39-,44-43-,48-27-,52-49-,57-54-,61-58-,66-63-. The Kier molecular flexibility index (Phi) is 64.0. The van der Waals surface area contributed by atoms with Gasteiger partial charge < -0.3 is 14.2 Å². The van der Waals surface area contributed by atoms with Gasteiger partial charge in [0, 0.05) is 12.8 Å². The molecule has 0 aliphatic rings. The van der Waals surface area contributed by atoms with Crippen LogP contribution in [0.3, 0.4) is 0 Å². The molecule has 0 aliphatic heterocycles. The maximum Gasteiger partial charge on any atom is 0.309 e. The lowest BCUT2D eigenvalue weighted by molar-refractivity contribution is -0.166. The zero-order valence-corrected chi connectivity index (χ0v) is 52.9. The predicted molar refractivity (Wildman–Crippen MR) is 361 cm³/mol. The first-order chi connectivity index (χ1) is 41.0. The van der Waals surface area contributed by atoms with Crippen LogP contribution < -0.4 is 0 Å². The highest BCUT2D eigenvalue weighted by molar-refractivity contribution is 5.72. The maximum absolute atomic E-state index is 12.9. The molecule has 1 atom stereocenters. The summed E-state index contributed by atoms with van der Waals surface area (Å²) in [4.78, 5) is 38.3. The van der Waals surface area contributed by atoms with Crippen LogP contribution in [0, 0.1) is 0 Å². The van der Waals surface area contributed by atoms with E-state index in [1.165, 1.54) is 83.5 Å². The zero-order valence-electron chi connectivity index (χ0n) is 52.9. The number of esters is 3. The van der Waals surface area contributed by atoms with Gasteiger partial charge in [0.25, 0.3) is 0 Å². The second-order valence-corrected chi connectivity index (χ2v) is 20.9. The van der Waals surface area contributed by atoms with E-state index in [0.717, 1.165) is 122 Å². The molecule has 1 unspecified atom stereocenters. The molecular weight excluding hydrogens is 1020 g/mol. The number of carbonyl (C=O) groups is 3. The van der Waals surface area contributed by atoms with E-state index in [0.29, 0.717) is 6.42 Å². The third-order valence-corrected chi connectivity index (χ3v) is 13.1. The molecule has 0 saturated heterocycles. The van der Waals surface area contributed by atoms with Gasteiger partial charge in [-0.1, -0.05) is 286 Å². The van der Waals surface area contributed by atoms with E-state index in [4.69, 9.17) is 14.2 Å². The summed E-state index contributed by atoms with van der Waals surface area (Å²) in [6.45, 7) is 6.25. The highest BCUT2D eigenvalue weighted by Crippen LogP contribution is 2.14. The third kappa shape index (κ3) is 66.9. The fraction of sp³-hybridized carbons (Fsp3) is 0.545. The van der Waals surface area contributed by atoms with Crippen LogP contribution >= 0.6 is 0 Å². The molecule has 6 nitrogen and oxygen atoms in total. The summed E-state index contributed by atoms with van der Waals surface area (Å²) < 4.78 is 16.8. The number of carbonyl (C=O) groups excluding carboxylic acids is 3. The molecular formula is C77H118O6. The smallest absolute Gasteiger partial charge is 0.309 e. The number of ether oxygens (including phenoxy) is 3. The molecule has 0 aromatic heterocycles. The van der Waals surface area contributed by atoms with E-state index in [1.807, 2.05) is 6.08 Å². The van der Waals surface area contributed by atoms with Gasteiger partial charge in [-0.2, -0.15) is 0 Å². The molecule has 462 valence electrons. The monoisotopic (exact) mass is 1140 g/mol. The van der Waals surface area contributed by atoms with Gasteiger partial charge in [-0.05, 0) is 141 Å². The second-order valence-electron chi connectivity index (χ2n) is 20.9. The normalized spacial score (nSPS) is 13.4. The quantitative estimate of drug-likeness (QED) is 0.0261. The van der Waals surface area contributed by atoms with Gasteiger partial charge >= 0.3 is 17.9 Å². The SMILES string of the molecule is CC/C=C\C/C=C\C/C=C\C/C=C\C/C=C\C/C=C\C/C=C\C/C=C\C/C=C\CCCC(=O)OCC(COC(=O)C/C=C\C/C=C\C/C=C\C/C=C\C/C=C\CC)OC(=O)CCCCCCCCCCC/C=C\C/C=C\CCCCCCC. The molecule has 0 radical (unpaired) electrons. The lowest BCUT2D eigenvalue weighted by Gasteiger charge is -2.18. The summed E-state index contributed by atoms with van der Waals surface area (Å²) in [5, 5.41) is 0. The van der Waals surface area contributed by atoms with Gasteiger partial charge in [0.1, 0.15) is 13.2 Å². The van der Waals surface area contributed by atoms with Crippen LogP contribution in [0.2, 0.25) is 0 Å². The first kappa shape index (κ1) is 77.2. The van der Waals surface area contributed by atoms with Crippen LogP contribution in [0.1, 0.15) is 252 Å². The Morgan fingerprint density at radius 3 is 0.880 bits per heavy atom. The summed E-state index contributed by atoms with van der Waals surface area (Å²) in [6.07, 6.45) is 105. The van der Waals surface area contributed by atoms with Crippen molar-refractivity contribution in [2.24, 2.45) is 0 Å². The maximum atomic E-state index is 12.9. The molecule has 0 rings (SSSR count). The van der Waals surface area contributed by atoms with E-state index >= 15 is 0 Å². The third-order valence-electron chi connectivity index (χ3n) is 13.1. The average molecular weight is 1140 g/mol. The summed E-state index contributed by atoms with van der Waals surface area (Å²) in [5.74, 6) is -1.15. The second kappa shape index (κ2) is 68.7. The lowest BCUT2D eigenvalue weighted by Crippen LogP contribution is -2.30. The van der Waals surface area contributed by atoms with Gasteiger partial charge in [0.2, 0.25) is 0 Å². The van der Waals surface area contributed by atoms with E-state index in [2.05, 4.69) is 203 Å². The van der Waals surface area contributed by atoms with Crippen molar-refractivity contribution in [2.75, 3.05) is 13.2 Å². The Hall–Kier alpha value is -5.75. The van der Waals surface area contributed by atoms with Gasteiger partial charge in [-0.25, -0.2) is 0 Å². The van der Waals surface area contributed by atoms with E-state index in [9.17, 15) is 14.4 Å². The summed E-state index contributed by atoms with van der Waals surface area (Å²) in [5.41, 5.74) is 0. The topological polar surface area (TPSA) is 78.9 Å². The van der Waals surface area contributed by atoms with Crippen LogP contribution in [0.15, 0.2) is 194 Å². The van der Waals surface area contributed by atoms with E-state index < -0.39 is 12.1 Å². The van der Waals surface area contributed by atoms with Gasteiger partial charge in [0.15, 0.2) is 6.10 Å². The molecule has 0 aromatic rings. The van der Waals surface area contributed by atoms with Crippen molar-refractivity contribution in [3.8, 4) is 0 Å². The van der Waals surface area contributed by atoms with Crippen LogP contribution in [0.4, 0.5) is 0 Å². The van der Waals surface area contributed by atoms with Gasteiger partial charge in [-0.15, -0.1) is 0 Å². The minimum atomic E-state index is -0.857. The number of rotatable bonds is 57. The van der Waals surface area contributed by atoms with Gasteiger partial charge in [0.05, 0.1) is 6.42 Å². The highest BCUT2D eigenvalue weighted by Gasteiger charge is 2.19. The van der Waals surface area contributed by atoms with Crippen molar-refractivity contribution in [3.63, 3.8) is 0 Å². The van der Waals surface area contributed by atoms with Crippen molar-refractivity contribution in [1.82, 2.24) is 0 Å². The van der Waals surface area contributed by atoms with Crippen LogP contribution in [-0.4, -0.2) is 37.2 Å². The molecule has 0 aromatic carbocycles. The summed E-state index contributed by atoms with van der Waals surface area (Å²) in [6, 6.07) is 0. The molecule has 0 N–H and O–H groups in total. The van der Waals surface area contributed by atoms with E-state index in [1.54, 1.807) is 6.08 Å². The van der Waals surface area contributed by atoms with Crippen molar-refractivity contribution in [2.45, 2.75) is 258 Å². The Labute approximate surface area is 509 Å². The minimum Gasteiger partial charge on any atom is -0.462 e. The molecule has 83 heavy (non-hydrogen) atoms. The van der Waals surface area contributed by atoms with Crippen molar-refractivity contribution >= 4 is 17.9 Å². The zero-order chi connectivity index (χ0) is 59.9.